The fourth-order valence-corrected chi connectivity index (χ4v) is 2.11. The summed E-state index contributed by atoms with van der Waals surface area (Å²) in [6.45, 7) is 1.94. The van der Waals surface area contributed by atoms with Gasteiger partial charge in [0.25, 0.3) is 0 Å². The third-order valence-electron chi connectivity index (χ3n) is 2.30. The summed E-state index contributed by atoms with van der Waals surface area (Å²) in [6, 6.07) is 8.07. The van der Waals surface area contributed by atoms with Crippen LogP contribution < -0.4 is 5.32 Å². The molecule has 1 heterocycles. The molecule has 0 saturated carbocycles. The summed E-state index contributed by atoms with van der Waals surface area (Å²) < 4.78 is 0. The van der Waals surface area contributed by atoms with Gasteiger partial charge in [0.05, 0.1) is 5.69 Å². The quantitative estimate of drug-likeness (QED) is 0.675. The minimum atomic E-state index is 0.250. The molecule has 0 amide bonds. The Kier molecular flexibility index (Phi) is 3.86. The zero-order valence-corrected chi connectivity index (χ0v) is 11.1. The van der Waals surface area contributed by atoms with Crippen molar-refractivity contribution in [2.24, 2.45) is 0 Å². The van der Waals surface area contributed by atoms with E-state index < -0.39 is 0 Å². The number of benzene rings is 1. The number of halogens is 1. The molecule has 1 aromatic carbocycles. The van der Waals surface area contributed by atoms with Crippen molar-refractivity contribution in [2.75, 3.05) is 11.6 Å². The number of hydrogen-bond acceptors (Lipinski definition) is 4. The molecule has 0 fully saturated rings. The van der Waals surface area contributed by atoms with Crippen LogP contribution in [0.4, 0.5) is 11.5 Å². The highest BCUT2D eigenvalue weighted by molar-refractivity contribution is 7.98. The summed E-state index contributed by atoms with van der Waals surface area (Å²) in [5.41, 5.74) is 1.99. The summed E-state index contributed by atoms with van der Waals surface area (Å²) in [4.78, 5) is 9.28. The molecule has 0 saturated heterocycles. The minimum absolute atomic E-state index is 0.250. The Bertz CT molecular complexity index is 531. The van der Waals surface area contributed by atoms with E-state index in [4.69, 9.17) is 11.6 Å². The van der Waals surface area contributed by atoms with Crippen LogP contribution in [0.1, 0.15) is 5.56 Å². The lowest BCUT2D eigenvalue weighted by atomic mass is 10.3. The number of thioether (sulfide) groups is 1. The maximum Gasteiger partial charge on any atom is 0.224 e. The van der Waals surface area contributed by atoms with Crippen molar-refractivity contribution in [1.29, 1.82) is 0 Å². The molecule has 1 aromatic heterocycles. The Morgan fingerprint density at radius 2 is 2.06 bits per heavy atom. The van der Waals surface area contributed by atoms with E-state index in [0.717, 1.165) is 17.1 Å². The molecule has 2 aromatic rings. The second kappa shape index (κ2) is 5.38. The second-order valence-corrected chi connectivity index (χ2v) is 4.68. The van der Waals surface area contributed by atoms with Gasteiger partial charge in [-0.3, -0.25) is 0 Å². The van der Waals surface area contributed by atoms with Crippen molar-refractivity contribution in [2.45, 2.75) is 11.8 Å². The van der Waals surface area contributed by atoms with Gasteiger partial charge in [0.15, 0.2) is 0 Å². The smallest absolute Gasteiger partial charge is 0.224 e. The SMILES string of the molecule is CSc1ccccc1Nc1nc(Cl)ncc1C. The number of nitrogens with zero attached hydrogens (tertiary/aromatic N) is 2. The maximum absolute atomic E-state index is 5.79. The molecule has 2 rings (SSSR count). The van der Waals surface area contributed by atoms with Crippen LogP contribution in [0.5, 0.6) is 0 Å². The first-order valence-electron chi connectivity index (χ1n) is 5.10. The average molecular weight is 266 g/mol. The molecule has 3 nitrogen and oxygen atoms in total. The molecule has 0 radical (unpaired) electrons. The normalized spacial score (nSPS) is 10.3. The zero-order valence-electron chi connectivity index (χ0n) is 9.57. The van der Waals surface area contributed by atoms with E-state index in [1.165, 1.54) is 4.90 Å². The molecule has 1 N–H and O–H groups in total. The van der Waals surface area contributed by atoms with Crippen molar-refractivity contribution in [3.05, 3.63) is 41.3 Å². The van der Waals surface area contributed by atoms with E-state index in [0.29, 0.717) is 0 Å². The number of aromatic nitrogens is 2. The van der Waals surface area contributed by atoms with Crippen molar-refractivity contribution in [3.63, 3.8) is 0 Å². The largest absolute Gasteiger partial charge is 0.339 e. The van der Waals surface area contributed by atoms with Crippen molar-refractivity contribution in [1.82, 2.24) is 9.97 Å². The molecule has 0 aliphatic carbocycles. The number of nitrogens with one attached hydrogen (secondary N) is 1. The lowest BCUT2D eigenvalue weighted by Gasteiger charge is -2.11. The first-order valence-corrected chi connectivity index (χ1v) is 6.70. The zero-order chi connectivity index (χ0) is 12.3. The summed E-state index contributed by atoms with van der Waals surface area (Å²) in [5, 5.41) is 3.53. The van der Waals surface area contributed by atoms with E-state index >= 15 is 0 Å². The van der Waals surface area contributed by atoms with E-state index in [1.54, 1.807) is 18.0 Å². The number of rotatable bonds is 3. The van der Waals surface area contributed by atoms with Gasteiger partial charge in [-0.25, -0.2) is 9.97 Å². The highest BCUT2D eigenvalue weighted by Crippen LogP contribution is 2.28. The predicted molar refractivity (Wildman–Crippen MR) is 73.3 cm³/mol. The standard InChI is InChI=1S/C12H12ClN3S/c1-8-7-14-12(13)16-11(8)15-9-5-3-4-6-10(9)17-2/h3-7H,1-2H3,(H,14,15,16). The molecule has 0 aliphatic heterocycles. The fraction of sp³-hybridized carbons (Fsp3) is 0.167. The average Bonchev–Trinajstić information content (AvgIpc) is 2.34. The molecular weight excluding hydrogens is 254 g/mol. The first kappa shape index (κ1) is 12.2. The van der Waals surface area contributed by atoms with E-state index in [-0.39, 0.29) is 5.28 Å². The van der Waals surface area contributed by atoms with Gasteiger partial charge in [-0.05, 0) is 36.9 Å². The monoisotopic (exact) mass is 265 g/mol. The van der Waals surface area contributed by atoms with Gasteiger partial charge >= 0.3 is 0 Å². The Balaban J connectivity index is 2.34. The Morgan fingerprint density at radius 1 is 1.29 bits per heavy atom. The van der Waals surface area contributed by atoms with Crippen LogP contribution in [0.2, 0.25) is 5.28 Å². The highest BCUT2D eigenvalue weighted by Gasteiger charge is 2.05. The van der Waals surface area contributed by atoms with Crippen LogP contribution in [0.15, 0.2) is 35.4 Å². The van der Waals surface area contributed by atoms with Crippen molar-refractivity contribution < 1.29 is 0 Å². The summed E-state index contributed by atoms with van der Waals surface area (Å²) in [5.74, 6) is 0.742. The fourth-order valence-electron chi connectivity index (χ4n) is 1.42. The second-order valence-electron chi connectivity index (χ2n) is 3.50. The molecule has 88 valence electrons. The van der Waals surface area contributed by atoms with Gasteiger partial charge in [0, 0.05) is 16.7 Å². The molecule has 0 unspecified atom stereocenters. The van der Waals surface area contributed by atoms with Crippen LogP contribution in [-0.4, -0.2) is 16.2 Å². The minimum Gasteiger partial charge on any atom is -0.339 e. The van der Waals surface area contributed by atoms with Gasteiger partial charge in [-0.1, -0.05) is 12.1 Å². The highest BCUT2D eigenvalue weighted by atomic mass is 35.5. The van der Waals surface area contributed by atoms with Crippen LogP contribution in [0, 0.1) is 6.92 Å². The summed E-state index contributed by atoms with van der Waals surface area (Å²) >= 11 is 7.48. The maximum atomic E-state index is 5.79. The third-order valence-corrected chi connectivity index (χ3v) is 3.28. The Labute approximate surface area is 110 Å². The lowest BCUT2D eigenvalue weighted by molar-refractivity contribution is 1.13. The van der Waals surface area contributed by atoms with Gasteiger partial charge < -0.3 is 5.32 Å². The van der Waals surface area contributed by atoms with Gasteiger partial charge in [0.1, 0.15) is 5.82 Å². The van der Waals surface area contributed by atoms with Crippen molar-refractivity contribution in [3.8, 4) is 0 Å². The molecule has 17 heavy (non-hydrogen) atoms. The van der Waals surface area contributed by atoms with Gasteiger partial charge in [0.2, 0.25) is 5.28 Å². The topological polar surface area (TPSA) is 37.8 Å². The Morgan fingerprint density at radius 3 is 2.82 bits per heavy atom. The lowest BCUT2D eigenvalue weighted by Crippen LogP contribution is -1.99. The molecule has 0 spiro atoms. The number of hydrogen-bond donors (Lipinski definition) is 1. The molecule has 5 heteroatoms. The summed E-state index contributed by atoms with van der Waals surface area (Å²) in [6.07, 6.45) is 3.75. The molecule has 0 aliphatic rings. The number of anilines is 2. The molecule has 0 atom stereocenters. The molecular formula is C12H12ClN3S. The van der Waals surface area contributed by atoms with Crippen molar-refractivity contribution >= 4 is 34.9 Å². The van der Waals surface area contributed by atoms with Crippen LogP contribution in [0.3, 0.4) is 0 Å². The Hall–Kier alpha value is -1.26. The third kappa shape index (κ3) is 2.90. The van der Waals surface area contributed by atoms with Crippen LogP contribution >= 0.6 is 23.4 Å². The number of para-hydroxylation sites is 1. The van der Waals surface area contributed by atoms with E-state index in [2.05, 4.69) is 21.4 Å². The first-order chi connectivity index (χ1) is 8.20. The molecule has 0 bridgehead atoms. The predicted octanol–water partition coefficient (Wildman–Crippen LogP) is 3.90. The van der Waals surface area contributed by atoms with Crippen LogP contribution in [0.25, 0.3) is 0 Å². The van der Waals surface area contributed by atoms with Crippen LogP contribution in [-0.2, 0) is 0 Å². The summed E-state index contributed by atoms with van der Waals surface area (Å²) in [7, 11) is 0. The van der Waals surface area contributed by atoms with Gasteiger partial charge in [-0.15, -0.1) is 11.8 Å². The van der Waals surface area contributed by atoms with E-state index in [1.807, 2.05) is 31.4 Å². The number of aryl methyl sites for hydroxylation is 1. The van der Waals surface area contributed by atoms with Gasteiger partial charge in [-0.2, -0.15) is 0 Å². The van der Waals surface area contributed by atoms with E-state index in [9.17, 15) is 0 Å².